The molecule has 0 atom stereocenters. The number of ketones is 1. The number of esters is 1. The Morgan fingerprint density at radius 3 is 2.33 bits per heavy atom. The topological polar surface area (TPSA) is 60.4 Å². The first-order valence-electron chi connectivity index (χ1n) is 6.53. The molecule has 2 rings (SSSR count). The SMILES string of the molecule is COC(=O)C1=C(C=O)C(=O)C(C)(C)C(c2ccccc2)=C1. The molecular weight excluding hydrogens is 268 g/mol. The van der Waals surface area contributed by atoms with Crippen LogP contribution in [0.25, 0.3) is 5.57 Å². The van der Waals surface area contributed by atoms with Gasteiger partial charge < -0.3 is 4.74 Å². The monoisotopic (exact) mass is 284 g/mol. The second-order valence-corrected chi connectivity index (χ2v) is 5.31. The molecule has 0 aliphatic heterocycles. The minimum Gasteiger partial charge on any atom is -0.465 e. The second kappa shape index (κ2) is 5.48. The summed E-state index contributed by atoms with van der Waals surface area (Å²) in [5.41, 5.74) is 0.526. The van der Waals surface area contributed by atoms with Crippen LogP contribution < -0.4 is 0 Å². The lowest BCUT2D eigenvalue weighted by molar-refractivity contribution is -0.136. The molecule has 0 radical (unpaired) electrons. The highest BCUT2D eigenvalue weighted by Crippen LogP contribution is 2.42. The molecule has 1 aromatic carbocycles. The van der Waals surface area contributed by atoms with Crippen molar-refractivity contribution in [2.45, 2.75) is 13.8 Å². The van der Waals surface area contributed by atoms with Crippen LogP contribution in [0.2, 0.25) is 0 Å². The summed E-state index contributed by atoms with van der Waals surface area (Å²) in [7, 11) is 1.22. The molecule has 0 unspecified atom stereocenters. The summed E-state index contributed by atoms with van der Waals surface area (Å²) >= 11 is 0. The Kier molecular flexibility index (Phi) is 3.89. The maximum atomic E-state index is 12.6. The van der Waals surface area contributed by atoms with Crippen molar-refractivity contribution >= 4 is 23.6 Å². The fraction of sp³-hybridized carbons (Fsp3) is 0.235. The van der Waals surface area contributed by atoms with Crippen molar-refractivity contribution in [3.8, 4) is 0 Å². The maximum absolute atomic E-state index is 12.6. The number of ether oxygens (including phenoxy) is 1. The zero-order chi connectivity index (χ0) is 15.6. The minimum atomic E-state index is -0.880. The van der Waals surface area contributed by atoms with Gasteiger partial charge in [0.25, 0.3) is 0 Å². The molecule has 0 saturated carbocycles. The summed E-state index contributed by atoms with van der Waals surface area (Å²) in [5, 5.41) is 0. The predicted molar refractivity (Wildman–Crippen MR) is 78.3 cm³/mol. The van der Waals surface area contributed by atoms with Crippen LogP contribution in [0.4, 0.5) is 0 Å². The average Bonchev–Trinajstić information content (AvgIpc) is 2.49. The molecule has 4 nitrogen and oxygen atoms in total. The van der Waals surface area contributed by atoms with Gasteiger partial charge in [0.05, 0.1) is 23.7 Å². The van der Waals surface area contributed by atoms with Gasteiger partial charge in [-0.15, -0.1) is 0 Å². The third-order valence-electron chi connectivity index (χ3n) is 3.67. The van der Waals surface area contributed by atoms with Gasteiger partial charge in [-0.25, -0.2) is 4.79 Å². The fourth-order valence-corrected chi connectivity index (χ4v) is 2.44. The van der Waals surface area contributed by atoms with E-state index >= 15 is 0 Å². The first kappa shape index (κ1) is 14.9. The molecule has 0 aromatic heterocycles. The van der Waals surface area contributed by atoms with E-state index in [4.69, 9.17) is 0 Å². The molecule has 4 heteroatoms. The highest BCUT2D eigenvalue weighted by atomic mass is 16.5. The number of hydrogen-bond donors (Lipinski definition) is 0. The lowest BCUT2D eigenvalue weighted by Crippen LogP contribution is -2.33. The number of carbonyl (C=O) groups excluding carboxylic acids is 3. The van der Waals surface area contributed by atoms with Gasteiger partial charge in [0.15, 0.2) is 12.1 Å². The molecular formula is C17H16O4. The fourth-order valence-electron chi connectivity index (χ4n) is 2.44. The van der Waals surface area contributed by atoms with Crippen molar-refractivity contribution in [2.24, 2.45) is 5.41 Å². The number of hydrogen-bond acceptors (Lipinski definition) is 4. The first-order valence-corrected chi connectivity index (χ1v) is 6.53. The number of aldehydes is 1. The first-order chi connectivity index (χ1) is 9.93. The number of allylic oxidation sites excluding steroid dienone is 2. The summed E-state index contributed by atoms with van der Waals surface area (Å²) < 4.78 is 4.67. The molecule has 21 heavy (non-hydrogen) atoms. The highest BCUT2D eigenvalue weighted by molar-refractivity contribution is 6.25. The molecule has 0 spiro atoms. The summed E-state index contributed by atoms with van der Waals surface area (Å²) in [6, 6.07) is 9.31. The van der Waals surface area contributed by atoms with E-state index in [-0.39, 0.29) is 16.9 Å². The van der Waals surface area contributed by atoms with Crippen LogP contribution in [0.15, 0.2) is 47.6 Å². The van der Waals surface area contributed by atoms with Crippen LogP contribution in [0.5, 0.6) is 0 Å². The van der Waals surface area contributed by atoms with Gasteiger partial charge in [0, 0.05) is 0 Å². The zero-order valence-corrected chi connectivity index (χ0v) is 12.2. The van der Waals surface area contributed by atoms with Crippen molar-refractivity contribution in [3.05, 3.63) is 53.1 Å². The van der Waals surface area contributed by atoms with Crippen LogP contribution >= 0.6 is 0 Å². The van der Waals surface area contributed by atoms with Crippen molar-refractivity contribution in [1.82, 2.24) is 0 Å². The van der Waals surface area contributed by atoms with Crippen molar-refractivity contribution in [1.29, 1.82) is 0 Å². The lowest BCUT2D eigenvalue weighted by Gasteiger charge is -2.31. The van der Waals surface area contributed by atoms with Gasteiger partial charge in [-0.1, -0.05) is 30.3 Å². The maximum Gasteiger partial charge on any atom is 0.338 e. The molecule has 1 aliphatic rings. The number of rotatable bonds is 3. The van der Waals surface area contributed by atoms with Gasteiger partial charge in [-0.05, 0) is 31.1 Å². The zero-order valence-electron chi connectivity index (χ0n) is 12.2. The van der Waals surface area contributed by atoms with E-state index in [1.54, 1.807) is 19.9 Å². The van der Waals surface area contributed by atoms with Gasteiger partial charge >= 0.3 is 5.97 Å². The summed E-state index contributed by atoms with van der Waals surface area (Å²) in [6.45, 7) is 3.48. The Bertz CT molecular complexity index is 663. The minimum absolute atomic E-state index is 0.00989. The third kappa shape index (κ3) is 2.44. The number of methoxy groups -OCH3 is 1. The number of Topliss-reactive ketones (excluding diaryl/α,β-unsaturated/α-hetero) is 1. The molecule has 0 fully saturated rings. The molecule has 0 amide bonds. The summed E-state index contributed by atoms with van der Waals surface area (Å²) in [5.74, 6) is -1.06. The Balaban J connectivity index is 2.70. The summed E-state index contributed by atoms with van der Waals surface area (Å²) in [4.78, 5) is 35.6. The number of carbonyl (C=O) groups is 3. The van der Waals surface area contributed by atoms with E-state index in [1.807, 2.05) is 30.3 Å². The third-order valence-corrected chi connectivity index (χ3v) is 3.67. The van der Waals surface area contributed by atoms with Gasteiger partial charge in [0.1, 0.15) is 0 Å². The molecule has 1 aromatic rings. The molecule has 1 aliphatic carbocycles. The van der Waals surface area contributed by atoms with E-state index in [9.17, 15) is 14.4 Å². The van der Waals surface area contributed by atoms with Crippen molar-refractivity contribution in [2.75, 3.05) is 7.11 Å². The average molecular weight is 284 g/mol. The normalized spacial score (nSPS) is 17.3. The molecule has 0 bridgehead atoms. The van der Waals surface area contributed by atoms with Crippen molar-refractivity contribution < 1.29 is 19.1 Å². The van der Waals surface area contributed by atoms with Crippen LogP contribution in [0.1, 0.15) is 19.4 Å². The Hall–Kier alpha value is -2.49. The van der Waals surface area contributed by atoms with Gasteiger partial charge in [-0.3, -0.25) is 9.59 Å². The molecule has 0 heterocycles. The van der Waals surface area contributed by atoms with Gasteiger partial charge in [-0.2, -0.15) is 0 Å². The Morgan fingerprint density at radius 1 is 1.19 bits per heavy atom. The number of benzene rings is 1. The van der Waals surface area contributed by atoms with E-state index in [0.717, 1.165) is 5.56 Å². The van der Waals surface area contributed by atoms with Crippen LogP contribution in [-0.4, -0.2) is 25.1 Å². The smallest absolute Gasteiger partial charge is 0.338 e. The van der Waals surface area contributed by atoms with Crippen LogP contribution in [-0.2, 0) is 19.1 Å². The standard InChI is InChI=1S/C17H16O4/c1-17(2)14(11-7-5-4-6-8-11)9-12(16(20)21-3)13(10-18)15(17)19/h4-10H,1-3H3. The van der Waals surface area contributed by atoms with Crippen LogP contribution in [0.3, 0.4) is 0 Å². The largest absolute Gasteiger partial charge is 0.465 e. The summed E-state index contributed by atoms with van der Waals surface area (Å²) in [6.07, 6.45) is 2.00. The molecule has 0 saturated heterocycles. The van der Waals surface area contributed by atoms with E-state index in [2.05, 4.69) is 4.74 Å². The van der Waals surface area contributed by atoms with Gasteiger partial charge in [0.2, 0.25) is 0 Å². The van der Waals surface area contributed by atoms with Crippen molar-refractivity contribution in [3.63, 3.8) is 0 Å². The van der Waals surface area contributed by atoms with Crippen LogP contribution in [0, 0.1) is 5.41 Å². The second-order valence-electron chi connectivity index (χ2n) is 5.31. The highest BCUT2D eigenvalue weighted by Gasteiger charge is 2.40. The lowest BCUT2D eigenvalue weighted by atomic mass is 9.70. The predicted octanol–water partition coefficient (Wildman–Crippen LogP) is 2.35. The quantitative estimate of drug-likeness (QED) is 0.485. The van der Waals surface area contributed by atoms with E-state index in [0.29, 0.717) is 11.9 Å². The molecule has 108 valence electrons. The molecule has 0 N–H and O–H groups in total. The van der Waals surface area contributed by atoms with E-state index < -0.39 is 11.4 Å². The van der Waals surface area contributed by atoms with E-state index in [1.165, 1.54) is 7.11 Å². The Morgan fingerprint density at radius 2 is 1.81 bits per heavy atom. The Labute approximate surface area is 123 Å².